The van der Waals surface area contributed by atoms with Gasteiger partial charge < -0.3 is 28.6 Å². The Morgan fingerprint density at radius 2 is 1.12 bits per heavy atom. The summed E-state index contributed by atoms with van der Waals surface area (Å²) in [5.74, 6) is 1.52. The van der Waals surface area contributed by atoms with Crippen molar-refractivity contribution in [1.82, 2.24) is 0 Å². The number of benzene rings is 5. The van der Waals surface area contributed by atoms with Gasteiger partial charge in [-0.15, -0.1) is 0 Å². The van der Waals surface area contributed by atoms with E-state index in [9.17, 15) is 9.59 Å². The van der Waals surface area contributed by atoms with Crippen LogP contribution in [0.5, 0.6) is 17.2 Å². The van der Waals surface area contributed by atoms with E-state index in [4.69, 9.17) is 23.7 Å². The number of esters is 1. The minimum atomic E-state index is -0.443. The molecule has 2 aliphatic heterocycles. The molecule has 2 heterocycles. The van der Waals surface area contributed by atoms with E-state index in [2.05, 4.69) is 6.92 Å². The number of rotatable bonds is 19. The fourth-order valence-corrected chi connectivity index (χ4v) is 6.39. The van der Waals surface area contributed by atoms with E-state index in [1.54, 1.807) is 18.2 Å². The maximum absolute atomic E-state index is 14.1. The van der Waals surface area contributed by atoms with Crippen LogP contribution in [0.25, 0.3) is 21.5 Å². The van der Waals surface area contributed by atoms with Gasteiger partial charge in [-0.3, -0.25) is 4.79 Å². The number of ether oxygens (including phenoxy) is 5. The summed E-state index contributed by atoms with van der Waals surface area (Å²) in [5.41, 5.74) is 1.84. The largest absolute Gasteiger partial charge is 0.493 e. The zero-order valence-corrected chi connectivity index (χ0v) is 29.9. The van der Waals surface area contributed by atoms with Crippen molar-refractivity contribution in [3.8, 4) is 17.2 Å². The highest BCUT2D eigenvalue weighted by Crippen LogP contribution is 2.28. The summed E-state index contributed by atoms with van der Waals surface area (Å²) in [5, 5.41) is 3.91. The van der Waals surface area contributed by atoms with Crippen LogP contribution >= 0.6 is 0 Å². The van der Waals surface area contributed by atoms with Gasteiger partial charge >= 0.3 is 5.97 Å². The molecule has 2 saturated heterocycles. The number of hydrogen-bond donors (Lipinski definition) is 0. The van der Waals surface area contributed by atoms with E-state index in [1.807, 2.05) is 83.8 Å². The minimum Gasteiger partial charge on any atom is -0.493 e. The van der Waals surface area contributed by atoms with Gasteiger partial charge in [-0.05, 0) is 101 Å². The van der Waals surface area contributed by atoms with Crippen molar-refractivity contribution in [2.24, 2.45) is 0 Å². The van der Waals surface area contributed by atoms with Crippen molar-refractivity contribution in [1.29, 1.82) is 0 Å². The smallest absolute Gasteiger partial charge is 0.343 e. The Bertz CT molecular complexity index is 1980. The Hall–Kier alpha value is -4.92. The number of anilines is 1. The summed E-state index contributed by atoms with van der Waals surface area (Å²) in [4.78, 5) is 29.1. The Balaban J connectivity index is 1.01. The molecule has 0 saturated carbocycles. The van der Waals surface area contributed by atoms with Crippen LogP contribution < -0.4 is 19.1 Å². The summed E-state index contributed by atoms with van der Waals surface area (Å²) in [6.07, 6.45) is 9.19. The fourth-order valence-electron chi connectivity index (χ4n) is 6.39. The van der Waals surface area contributed by atoms with Gasteiger partial charge in [-0.1, -0.05) is 63.3 Å². The van der Waals surface area contributed by atoms with Gasteiger partial charge in [0.25, 0.3) is 5.91 Å². The van der Waals surface area contributed by atoms with Crippen LogP contribution in [0.2, 0.25) is 0 Å². The van der Waals surface area contributed by atoms with Crippen LogP contribution in [-0.4, -0.2) is 57.1 Å². The molecule has 52 heavy (non-hydrogen) atoms. The van der Waals surface area contributed by atoms with Gasteiger partial charge in [0.05, 0.1) is 44.2 Å². The first kappa shape index (κ1) is 35.5. The van der Waals surface area contributed by atoms with Gasteiger partial charge in [-0.25, -0.2) is 4.79 Å². The molecule has 5 aromatic rings. The number of hydrogen-bond acceptors (Lipinski definition) is 7. The molecule has 1 amide bonds. The van der Waals surface area contributed by atoms with E-state index in [0.29, 0.717) is 48.8 Å². The van der Waals surface area contributed by atoms with Gasteiger partial charge in [0, 0.05) is 30.6 Å². The first-order valence-corrected chi connectivity index (χ1v) is 18.7. The molecule has 0 spiro atoms. The Labute approximate surface area is 305 Å². The average molecular weight is 702 g/mol. The molecule has 0 aromatic heterocycles. The molecule has 2 atom stereocenters. The van der Waals surface area contributed by atoms with Crippen LogP contribution in [0.1, 0.15) is 79.0 Å². The van der Waals surface area contributed by atoms with E-state index in [-0.39, 0.29) is 5.91 Å². The van der Waals surface area contributed by atoms with Crippen LogP contribution in [0, 0.1) is 0 Å². The number of amides is 1. The lowest BCUT2D eigenvalue weighted by Crippen LogP contribution is -2.32. The van der Waals surface area contributed by atoms with Crippen molar-refractivity contribution < 1.29 is 33.3 Å². The topological polar surface area (TPSA) is 90.1 Å². The monoisotopic (exact) mass is 701 g/mol. The standard InChI is InChI=1S/C44H47NO7/c1-2-3-4-5-6-7-22-45(43(46)35-10-8-33-27-39(16-12-31(33)25-35)48-23-20-41-29-50-41)37-14-18-38(19-15-37)52-44(47)36-11-9-34-28-40(17-13-32(34)26-36)49-24-21-42-30-51-42/h8-19,25-28,41-42H,2-7,20-24,29-30H2,1H3. The number of nitrogens with zero attached hydrogens (tertiary/aromatic N) is 1. The van der Waals surface area contributed by atoms with Gasteiger partial charge in [-0.2, -0.15) is 0 Å². The molecule has 8 nitrogen and oxygen atoms in total. The number of epoxide rings is 2. The highest BCUT2D eigenvalue weighted by atomic mass is 16.6. The van der Waals surface area contributed by atoms with Crippen LogP contribution in [0.15, 0.2) is 97.1 Å². The minimum absolute atomic E-state index is 0.0633. The summed E-state index contributed by atoms with van der Waals surface area (Å²) >= 11 is 0. The number of carbonyl (C=O) groups excluding carboxylic acids is 2. The molecule has 8 heteroatoms. The molecular formula is C44H47NO7. The molecule has 0 radical (unpaired) electrons. The molecule has 0 N–H and O–H groups in total. The van der Waals surface area contributed by atoms with Crippen molar-refractivity contribution in [3.63, 3.8) is 0 Å². The van der Waals surface area contributed by atoms with Gasteiger partial charge in [0.2, 0.25) is 0 Å². The molecule has 0 bridgehead atoms. The normalized spacial score (nSPS) is 16.1. The highest BCUT2D eigenvalue weighted by molar-refractivity contribution is 6.08. The molecule has 0 aliphatic carbocycles. The molecule has 2 aliphatic rings. The molecule has 5 aromatic carbocycles. The Morgan fingerprint density at radius 1 is 0.615 bits per heavy atom. The van der Waals surface area contributed by atoms with E-state index >= 15 is 0 Å². The van der Waals surface area contributed by atoms with Crippen LogP contribution in [-0.2, 0) is 9.47 Å². The lowest BCUT2D eigenvalue weighted by Gasteiger charge is -2.23. The summed E-state index contributed by atoms with van der Waals surface area (Å²) in [6, 6.07) is 30.4. The number of carbonyl (C=O) groups is 2. The van der Waals surface area contributed by atoms with Gasteiger partial charge in [0.1, 0.15) is 17.2 Å². The number of unbranched alkanes of at least 4 members (excludes halogenated alkanes) is 5. The summed E-state index contributed by atoms with van der Waals surface area (Å²) < 4.78 is 28.1. The number of fused-ring (bicyclic) bond motifs is 2. The maximum Gasteiger partial charge on any atom is 0.343 e. The molecule has 7 rings (SSSR count). The third-order valence-electron chi connectivity index (χ3n) is 9.67. The SMILES string of the molecule is CCCCCCCCN(C(=O)c1ccc2cc(OCCC3CO3)ccc2c1)c1ccc(OC(=O)c2ccc3cc(OCCC4CO4)ccc3c2)cc1. The zero-order valence-electron chi connectivity index (χ0n) is 29.9. The maximum atomic E-state index is 14.1. The highest BCUT2D eigenvalue weighted by Gasteiger charge is 2.23. The van der Waals surface area contributed by atoms with E-state index in [1.165, 1.54) is 19.3 Å². The van der Waals surface area contributed by atoms with Crippen molar-refractivity contribution in [3.05, 3.63) is 108 Å². The lowest BCUT2D eigenvalue weighted by atomic mass is 10.0. The molecular weight excluding hydrogens is 654 g/mol. The van der Waals surface area contributed by atoms with Crippen molar-refractivity contribution in [2.45, 2.75) is 70.5 Å². The van der Waals surface area contributed by atoms with E-state index < -0.39 is 5.97 Å². The fraction of sp³-hybridized carbons (Fsp3) is 0.364. The average Bonchev–Trinajstić information content (AvgIpc) is 4.12. The predicted octanol–water partition coefficient (Wildman–Crippen LogP) is 9.55. The quantitative estimate of drug-likeness (QED) is 0.0367. The summed E-state index contributed by atoms with van der Waals surface area (Å²) in [6.45, 7) is 5.69. The first-order valence-electron chi connectivity index (χ1n) is 18.7. The van der Waals surface area contributed by atoms with Crippen LogP contribution in [0.3, 0.4) is 0 Å². The predicted molar refractivity (Wildman–Crippen MR) is 204 cm³/mol. The lowest BCUT2D eigenvalue weighted by molar-refractivity contribution is 0.0734. The molecule has 2 unspecified atom stereocenters. The third kappa shape index (κ3) is 9.69. The Kier molecular flexibility index (Phi) is 11.6. The van der Waals surface area contributed by atoms with Gasteiger partial charge in [0.15, 0.2) is 0 Å². The first-order chi connectivity index (χ1) is 25.5. The second-order valence-corrected chi connectivity index (χ2v) is 13.7. The van der Waals surface area contributed by atoms with Crippen molar-refractivity contribution in [2.75, 3.05) is 37.9 Å². The molecule has 2 fully saturated rings. The summed E-state index contributed by atoms with van der Waals surface area (Å²) in [7, 11) is 0. The molecule has 270 valence electrons. The van der Waals surface area contributed by atoms with E-state index in [0.717, 1.165) is 84.0 Å². The van der Waals surface area contributed by atoms with Crippen LogP contribution in [0.4, 0.5) is 5.69 Å². The third-order valence-corrected chi connectivity index (χ3v) is 9.67. The Morgan fingerprint density at radius 3 is 1.71 bits per heavy atom. The zero-order chi connectivity index (χ0) is 35.7. The second kappa shape index (κ2) is 17.1. The van der Waals surface area contributed by atoms with Crippen molar-refractivity contribution >= 4 is 39.1 Å². The second-order valence-electron chi connectivity index (χ2n) is 13.7.